The summed E-state index contributed by atoms with van der Waals surface area (Å²) in [5, 5.41) is 0. The van der Waals surface area contributed by atoms with E-state index in [1.54, 1.807) is 0 Å². The number of hydrogen-bond acceptors (Lipinski definition) is 1. The lowest BCUT2D eigenvalue weighted by atomic mass is 9.91. The first-order valence-electron chi connectivity index (χ1n) is 6.38. The van der Waals surface area contributed by atoms with Gasteiger partial charge in [0.25, 0.3) is 0 Å². The molecular weight excluding hydrogens is 184 g/mol. The summed E-state index contributed by atoms with van der Waals surface area (Å²) in [7, 11) is 0. The Hall–Kier alpha value is -0.300. The quantitative estimate of drug-likeness (QED) is 0.485. The third kappa shape index (κ3) is 6.72. The molecule has 0 aromatic rings. The molecule has 0 amide bonds. The van der Waals surface area contributed by atoms with Crippen molar-refractivity contribution < 1.29 is 4.74 Å². The fraction of sp³-hybridized carbons (Fsp3) is 0.857. The minimum Gasteiger partial charge on any atom is -0.376 e. The number of rotatable bonds is 5. The van der Waals surface area contributed by atoms with E-state index < -0.39 is 0 Å². The van der Waals surface area contributed by atoms with E-state index in [4.69, 9.17) is 4.74 Å². The zero-order valence-corrected chi connectivity index (χ0v) is 10.6. The van der Waals surface area contributed by atoms with Crippen LogP contribution < -0.4 is 0 Å². The maximum absolute atomic E-state index is 5.70. The first-order valence-corrected chi connectivity index (χ1v) is 6.38. The second-order valence-corrected chi connectivity index (χ2v) is 5.58. The molecule has 1 aliphatic carbocycles. The minimum atomic E-state index is 0.0325. The Kier molecular flexibility index (Phi) is 5.38. The summed E-state index contributed by atoms with van der Waals surface area (Å²) in [5.41, 5.74) is 0.0325. The highest BCUT2D eigenvalue weighted by molar-refractivity contribution is 4.92. The summed E-state index contributed by atoms with van der Waals surface area (Å²) >= 11 is 0. The fourth-order valence-corrected chi connectivity index (χ4v) is 2.01. The smallest absolute Gasteiger partial charge is 0.0598 e. The van der Waals surface area contributed by atoms with Gasteiger partial charge in [0.15, 0.2) is 0 Å². The number of hydrogen-bond donors (Lipinski definition) is 0. The number of unbranched alkanes of at least 4 members (excludes halogenated alkanes) is 1. The van der Waals surface area contributed by atoms with Crippen LogP contribution in [0.4, 0.5) is 0 Å². The number of ether oxygens (including phenoxy) is 1. The molecule has 0 saturated carbocycles. The molecule has 1 heteroatoms. The van der Waals surface area contributed by atoms with Gasteiger partial charge in [-0.1, -0.05) is 18.6 Å². The number of allylic oxidation sites excluding steroid dienone is 2. The van der Waals surface area contributed by atoms with E-state index in [0.717, 1.165) is 12.5 Å². The Morgan fingerprint density at radius 1 is 1.27 bits per heavy atom. The van der Waals surface area contributed by atoms with Gasteiger partial charge in [0.1, 0.15) is 0 Å². The van der Waals surface area contributed by atoms with Gasteiger partial charge in [0.05, 0.1) is 5.60 Å². The highest BCUT2D eigenvalue weighted by atomic mass is 16.5. The topological polar surface area (TPSA) is 9.23 Å². The molecule has 0 bridgehead atoms. The van der Waals surface area contributed by atoms with Gasteiger partial charge < -0.3 is 4.74 Å². The monoisotopic (exact) mass is 210 g/mol. The summed E-state index contributed by atoms with van der Waals surface area (Å²) in [4.78, 5) is 0. The summed E-state index contributed by atoms with van der Waals surface area (Å²) in [6.07, 6.45) is 12.7. The SMILES string of the molecule is CC(C)(C)OCCCC[C@@H]1C=CCCC1. The Bertz CT molecular complexity index is 188. The van der Waals surface area contributed by atoms with Crippen molar-refractivity contribution in [2.45, 2.75) is 64.9 Å². The van der Waals surface area contributed by atoms with Crippen LogP contribution in [0.25, 0.3) is 0 Å². The highest BCUT2D eigenvalue weighted by Gasteiger charge is 2.10. The Morgan fingerprint density at radius 2 is 2.07 bits per heavy atom. The van der Waals surface area contributed by atoms with Crippen LogP contribution in [0.1, 0.15) is 59.3 Å². The molecule has 0 unspecified atom stereocenters. The molecular formula is C14H26O. The molecule has 0 saturated heterocycles. The molecule has 1 atom stereocenters. The van der Waals surface area contributed by atoms with E-state index in [-0.39, 0.29) is 5.60 Å². The molecule has 88 valence electrons. The second kappa shape index (κ2) is 6.32. The third-order valence-corrected chi connectivity index (χ3v) is 2.86. The summed E-state index contributed by atoms with van der Waals surface area (Å²) in [5.74, 6) is 0.855. The van der Waals surface area contributed by atoms with E-state index >= 15 is 0 Å². The van der Waals surface area contributed by atoms with Gasteiger partial charge in [-0.2, -0.15) is 0 Å². The van der Waals surface area contributed by atoms with Crippen LogP contribution in [0.3, 0.4) is 0 Å². The fourth-order valence-electron chi connectivity index (χ4n) is 2.01. The average molecular weight is 210 g/mol. The molecule has 0 fully saturated rings. The van der Waals surface area contributed by atoms with Crippen molar-refractivity contribution in [1.82, 2.24) is 0 Å². The van der Waals surface area contributed by atoms with Crippen LogP contribution in [0.5, 0.6) is 0 Å². The van der Waals surface area contributed by atoms with Gasteiger partial charge in [-0.05, 0) is 58.8 Å². The first kappa shape index (κ1) is 12.8. The molecule has 0 heterocycles. The minimum absolute atomic E-state index is 0.0325. The van der Waals surface area contributed by atoms with Crippen molar-refractivity contribution in [3.8, 4) is 0 Å². The lowest BCUT2D eigenvalue weighted by Crippen LogP contribution is -2.19. The van der Waals surface area contributed by atoms with E-state index in [9.17, 15) is 0 Å². The lowest BCUT2D eigenvalue weighted by Gasteiger charge is -2.20. The van der Waals surface area contributed by atoms with Crippen LogP contribution in [0.2, 0.25) is 0 Å². The molecule has 0 spiro atoms. The third-order valence-electron chi connectivity index (χ3n) is 2.86. The van der Waals surface area contributed by atoms with E-state index in [1.165, 1.54) is 38.5 Å². The molecule has 0 aromatic heterocycles. The van der Waals surface area contributed by atoms with E-state index in [0.29, 0.717) is 0 Å². The zero-order chi connectivity index (χ0) is 11.1. The molecule has 0 aliphatic heterocycles. The van der Waals surface area contributed by atoms with Crippen LogP contribution in [0.15, 0.2) is 12.2 Å². The summed E-state index contributed by atoms with van der Waals surface area (Å²) in [6.45, 7) is 7.28. The van der Waals surface area contributed by atoms with Crippen molar-refractivity contribution in [1.29, 1.82) is 0 Å². The average Bonchev–Trinajstić information content (AvgIpc) is 2.17. The molecule has 0 N–H and O–H groups in total. The molecule has 1 rings (SSSR count). The van der Waals surface area contributed by atoms with E-state index in [2.05, 4.69) is 32.9 Å². The second-order valence-electron chi connectivity index (χ2n) is 5.58. The lowest BCUT2D eigenvalue weighted by molar-refractivity contribution is -0.00493. The van der Waals surface area contributed by atoms with Gasteiger partial charge in [0, 0.05) is 6.61 Å². The first-order chi connectivity index (χ1) is 7.08. The summed E-state index contributed by atoms with van der Waals surface area (Å²) in [6, 6.07) is 0. The maximum atomic E-state index is 5.70. The largest absolute Gasteiger partial charge is 0.376 e. The van der Waals surface area contributed by atoms with Crippen LogP contribution in [-0.4, -0.2) is 12.2 Å². The van der Waals surface area contributed by atoms with Gasteiger partial charge in [-0.25, -0.2) is 0 Å². The predicted molar refractivity (Wildman–Crippen MR) is 66.0 cm³/mol. The maximum Gasteiger partial charge on any atom is 0.0598 e. The van der Waals surface area contributed by atoms with Gasteiger partial charge in [-0.3, -0.25) is 0 Å². The molecule has 15 heavy (non-hydrogen) atoms. The normalized spacial score (nSPS) is 21.9. The summed E-state index contributed by atoms with van der Waals surface area (Å²) < 4.78 is 5.70. The van der Waals surface area contributed by atoms with Crippen molar-refractivity contribution in [2.75, 3.05) is 6.61 Å². The molecule has 1 aliphatic rings. The van der Waals surface area contributed by atoms with Gasteiger partial charge in [-0.15, -0.1) is 0 Å². The Balaban J connectivity index is 1.97. The van der Waals surface area contributed by atoms with Gasteiger partial charge >= 0.3 is 0 Å². The van der Waals surface area contributed by atoms with Crippen LogP contribution in [0, 0.1) is 5.92 Å². The standard InChI is InChI=1S/C14H26O/c1-14(2,3)15-12-8-7-11-13-9-5-4-6-10-13/h5,9,13H,4,6-8,10-12H2,1-3H3/t13-/m1/s1. The van der Waals surface area contributed by atoms with Crippen molar-refractivity contribution in [2.24, 2.45) is 5.92 Å². The van der Waals surface area contributed by atoms with Crippen molar-refractivity contribution >= 4 is 0 Å². The van der Waals surface area contributed by atoms with Crippen LogP contribution >= 0.6 is 0 Å². The Morgan fingerprint density at radius 3 is 2.67 bits per heavy atom. The van der Waals surface area contributed by atoms with Crippen LogP contribution in [-0.2, 0) is 4.74 Å². The highest BCUT2D eigenvalue weighted by Crippen LogP contribution is 2.22. The Labute approximate surface area is 94.9 Å². The molecule has 1 nitrogen and oxygen atoms in total. The zero-order valence-electron chi connectivity index (χ0n) is 10.6. The molecule has 0 aromatic carbocycles. The van der Waals surface area contributed by atoms with E-state index in [1.807, 2.05) is 0 Å². The predicted octanol–water partition coefficient (Wildman–Crippen LogP) is 4.33. The molecule has 0 radical (unpaired) electrons. The van der Waals surface area contributed by atoms with Gasteiger partial charge in [0.2, 0.25) is 0 Å². The van der Waals surface area contributed by atoms with Crippen molar-refractivity contribution in [3.63, 3.8) is 0 Å². The van der Waals surface area contributed by atoms with Crippen molar-refractivity contribution in [3.05, 3.63) is 12.2 Å².